The van der Waals surface area contributed by atoms with Gasteiger partial charge in [0.25, 0.3) is 5.91 Å². The minimum absolute atomic E-state index is 0.0366. The van der Waals surface area contributed by atoms with E-state index < -0.39 is 40.6 Å². The van der Waals surface area contributed by atoms with Gasteiger partial charge in [-0.05, 0) is 63.6 Å². The van der Waals surface area contributed by atoms with Crippen LogP contribution in [0.3, 0.4) is 0 Å². The van der Waals surface area contributed by atoms with Gasteiger partial charge in [0.05, 0.1) is 22.5 Å². The molecule has 2 aromatic rings. The number of carbonyl (C=O) groups excluding carboxylic acids is 1. The summed E-state index contributed by atoms with van der Waals surface area (Å²) in [5, 5.41) is 0. The summed E-state index contributed by atoms with van der Waals surface area (Å²) in [7, 11) is 0. The molecule has 1 unspecified atom stereocenters. The number of hydrogen-bond donors (Lipinski definition) is 2. The molecule has 0 bridgehead atoms. The molecule has 2 fully saturated rings. The molecule has 2 saturated heterocycles. The van der Waals surface area contributed by atoms with E-state index in [0.717, 1.165) is 25.9 Å². The van der Waals surface area contributed by atoms with Crippen LogP contribution in [0.15, 0.2) is 36.4 Å². The molecule has 2 N–H and O–H groups in total. The minimum Gasteiger partial charge on any atom is -0.299 e. The van der Waals surface area contributed by atoms with Crippen molar-refractivity contribution in [2.75, 3.05) is 31.6 Å². The molecule has 3 heterocycles. The summed E-state index contributed by atoms with van der Waals surface area (Å²) in [6, 6.07) is 6.57. The summed E-state index contributed by atoms with van der Waals surface area (Å²) in [6.45, 7) is 6.32. The highest BCUT2D eigenvalue weighted by Crippen LogP contribution is 2.38. The first-order valence-corrected chi connectivity index (χ1v) is 11.6. The molecule has 0 saturated carbocycles. The van der Waals surface area contributed by atoms with E-state index in [9.17, 15) is 31.1 Å². The van der Waals surface area contributed by atoms with Crippen LogP contribution >= 0.6 is 0 Å². The van der Waals surface area contributed by atoms with Crippen LogP contribution in [0.25, 0.3) is 0 Å². The number of nitrogens with one attached hydrogen (secondary N) is 2. The van der Waals surface area contributed by atoms with Gasteiger partial charge in [-0.3, -0.25) is 30.4 Å². The predicted molar refractivity (Wildman–Crippen MR) is 121 cm³/mol. The SMILES string of the molecule is Cc1cccc(C(C)(C(=O)NNc2cc(C(F)(F)F)cc(C(F)(F)F)c2)N2CCN3CCC[C@@H]3C2)n1. The average Bonchev–Trinajstić information content (AvgIpc) is 3.28. The van der Waals surface area contributed by atoms with Gasteiger partial charge in [-0.15, -0.1) is 0 Å². The number of hydrazine groups is 1. The fourth-order valence-corrected chi connectivity index (χ4v) is 4.91. The third kappa shape index (κ3) is 5.29. The number of amides is 1. The number of fused-ring (bicyclic) bond motifs is 1. The molecule has 0 aliphatic carbocycles. The van der Waals surface area contributed by atoms with Gasteiger partial charge in [0.15, 0.2) is 0 Å². The largest absolute Gasteiger partial charge is 0.416 e. The number of alkyl halides is 6. The van der Waals surface area contributed by atoms with Crippen molar-refractivity contribution < 1.29 is 31.1 Å². The third-order valence-electron chi connectivity index (χ3n) is 6.96. The van der Waals surface area contributed by atoms with Gasteiger partial charge in [-0.2, -0.15) is 26.3 Å². The molecule has 12 heteroatoms. The molecule has 2 atom stereocenters. The van der Waals surface area contributed by atoms with Crippen molar-refractivity contribution in [3.8, 4) is 0 Å². The van der Waals surface area contributed by atoms with Gasteiger partial charge < -0.3 is 0 Å². The fourth-order valence-electron chi connectivity index (χ4n) is 4.91. The molecule has 1 aromatic heterocycles. The first-order chi connectivity index (χ1) is 16.8. The van der Waals surface area contributed by atoms with E-state index >= 15 is 0 Å². The highest BCUT2D eigenvalue weighted by molar-refractivity contribution is 5.87. The Bertz CT molecular complexity index is 1090. The molecule has 196 valence electrons. The number of anilines is 1. The molecule has 6 nitrogen and oxygen atoms in total. The second-order valence-electron chi connectivity index (χ2n) is 9.39. The van der Waals surface area contributed by atoms with Gasteiger partial charge >= 0.3 is 12.4 Å². The average molecular weight is 516 g/mol. The Hall–Kier alpha value is -2.86. The molecule has 0 radical (unpaired) electrons. The standard InChI is InChI=1S/C24H27F6N5O/c1-15-5-3-7-20(31-15)22(2,35-10-9-34-8-4-6-19(34)14-35)21(36)33-32-18-12-16(23(25,26)27)11-17(13-18)24(28,29)30/h3,5,7,11-13,19,32H,4,6,8-10,14H2,1-2H3,(H,33,36)/t19-,22?/m1/s1. The van der Waals surface area contributed by atoms with Gasteiger partial charge in [0.2, 0.25) is 0 Å². The van der Waals surface area contributed by atoms with Gasteiger partial charge in [-0.1, -0.05) is 6.07 Å². The van der Waals surface area contributed by atoms with Crippen LogP contribution in [-0.2, 0) is 22.7 Å². The zero-order valence-corrected chi connectivity index (χ0v) is 19.8. The lowest BCUT2D eigenvalue weighted by atomic mass is 9.91. The van der Waals surface area contributed by atoms with E-state index in [4.69, 9.17) is 0 Å². The van der Waals surface area contributed by atoms with Crippen molar-refractivity contribution in [1.82, 2.24) is 20.2 Å². The fraction of sp³-hybridized carbons (Fsp3) is 0.500. The van der Waals surface area contributed by atoms with E-state index in [2.05, 4.69) is 20.7 Å². The summed E-state index contributed by atoms with van der Waals surface area (Å²) >= 11 is 0. The van der Waals surface area contributed by atoms with Crippen molar-refractivity contribution in [2.45, 2.75) is 50.6 Å². The van der Waals surface area contributed by atoms with E-state index in [1.807, 2.05) is 4.90 Å². The van der Waals surface area contributed by atoms with Crippen LogP contribution < -0.4 is 10.9 Å². The number of piperazine rings is 1. The number of aromatic nitrogens is 1. The monoisotopic (exact) mass is 515 g/mol. The second-order valence-corrected chi connectivity index (χ2v) is 9.39. The Kier molecular flexibility index (Phi) is 6.95. The molecule has 1 amide bonds. The molecule has 4 rings (SSSR count). The molecular formula is C24H27F6N5O. The number of pyridine rings is 1. The van der Waals surface area contributed by atoms with Crippen LogP contribution in [0.1, 0.15) is 42.3 Å². The molecular weight excluding hydrogens is 488 g/mol. The number of benzene rings is 1. The Morgan fingerprint density at radius 2 is 1.67 bits per heavy atom. The van der Waals surface area contributed by atoms with E-state index in [1.165, 1.54) is 0 Å². The number of rotatable bonds is 5. The Balaban J connectivity index is 1.63. The van der Waals surface area contributed by atoms with Crippen LogP contribution in [0.2, 0.25) is 0 Å². The number of carbonyl (C=O) groups is 1. The molecule has 1 aromatic carbocycles. The lowest BCUT2D eigenvalue weighted by molar-refractivity contribution is -0.143. The van der Waals surface area contributed by atoms with Crippen molar-refractivity contribution in [2.24, 2.45) is 0 Å². The van der Waals surface area contributed by atoms with Crippen molar-refractivity contribution in [1.29, 1.82) is 0 Å². The number of aryl methyl sites for hydroxylation is 1. The zero-order valence-electron chi connectivity index (χ0n) is 19.8. The van der Waals surface area contributed by atoms with E-state index in [-0.39, 0.29) is 12.1 Å². The smallest absolute Gasteiger partial charge is 0.299 e. The number of halogens is 6. The quantitative estimate of drug-likeness (QED) is 0.452. The Labute approximate surface area is 204 Å². The Morgan fingerprint density at radius 1 is 1.00 bits per heavy atom. The summed E-state index contributed by atoms with van der Waals surface area (Å²) in [5.74, 6) is -0.641. The minimum atomic E-state index is -5.00. The summed E-state index contributed by atoms with van der Waals surface area (Å²) in [4.78, 5) is 22.5. The van der Waals surface area contributed by atoms with Crippen molar-refractivity contribution in [3.63, 3.8) is 0 Å². The van der Waals surface area contributed by atoms with Crippen LogP contribution in [0.5, 0.6) is 0 Å². The van der Waals surface area contributed by atoms with Gasteiger partial charge in [0.1, 0.15) is 5.54 Å². The molecule has 36 heavy (non-hydrogen) atoms. The lowest BCUT2D eigenvalue weighted by Gasteiger charge is -2.46. The summed E-state index contributed by atoms with van der Waals surface area (Å²) in [5.41, 5.74) is 0.936. The molecule has 0 spiro atoms. The van der Waals surface area contributed by atoms with E-state index in [0.29, 0.717) is 36.6 Å². The zero-order chi connectivity index (χ0) is 26.3. The van der Waals surface area contributed by atoms with Crippen LogP contribution in [0.4, 0.5) is 32.0 Å². The summed E-state index contributed by atoms with van der Waals surface area (Å²) < 4.78 is 79.4. The predicted octanol–water partition coefficient (Wildman–Crippen LogP) is 4.57. The lowest BCUT2D eigenvalue weighted by Crippen LogP contribution is -2.62. The van der Waals surface area contributed by atoms with Crippen molar-refractivity contribution in [3.05, 3.63) is 58.9 Å². The highest BCUT2D eigenvalue weighted by Gasteiger charge is 2.46. The molecule has 2 aliphatic rings. The first kappa shape index (κ1) is 26.2. The van der Waals surface area contributed by atoms with Crippen LogP contribution in [-0.4, -0.2) is 52.9 Å². The maximum atomic E-state index is 13.6. The number of nitrogens with zero attached hydrogens (tertiary/aromatic N) is 3. The maximum absolute atomic E-state index is 13.6. The summed E-state index contributed by atoms with van der Waals surface area (Å²) in [6.07, 6.45) is -7.95. The van der Waals surface area contributed by atoms with E-state index in [1.54, 1.807) is 32.0 Å². The maximum Gasteiger partial charge on any atom is 0.416 e. The number of hydrogen-bond acceptors (Lipinski definition) is 5. The van der Waals surface area contributed by atoms with Gasteiger partial charge in [0, 0.05) is 31.4 Å². The topological polar surface area (TPSA) is 60.5 Å². The second kappa shape index (κ2) is 9.55. The van der Waals surface area contributed by atoms with Crippen molar-refractivity contribution >= 4 is 11.6 Å². The highest BCUT2D eigenvalue weighted by atomic mass is 19.4. The van der Waals surface area contributed by atoms with Gasteiger partial charge in [-0.25, -0.2) is 0 Å². The Morgan fingerprint density at radius 3 is 2.28 bits per heavy atom. The normalized spacial score (nSPS) is 21.1. The van der Waals surface area contributed by atoms with Crippen LogP contribution in [0, 0.1) is 6.92 Å². The molecule has 2 aliphatic heterocycles. The first-order valence-electron chi connectivity index (χ1n) is 11.6. The third-order valence-corrected chi connectivity index (χ3v) is 6.96.